The third kappa shape index (κ3) is 1.88. The largest absolute Gasteiger partial charge is 0.280 e. The molecule has 0 aromatic carbocycles. The lowest BCUT2D eigenvalue weighted by Gasteiger charge is -2.08. The number of aromatic nitrogens is 3. The van der Waals surface area contributed by atoms with Crippen molar-refractivity contribution in [3.05, 3.63) is 38.4 Å². The van der Waals surface area contributed by atoms with Crippen LogP contribution in [0.25, 0.3) is 5.65 Å². The van der Waals surface area contributed by atoms with E-state index in [0.29, 0.717) is 11.1 Å². The first kappa shape index (κ1) is 11.9. The minimum atomic E-state index is -2.79. The van der Waals surface area contributed by atoms with Crippen LogP contribution in [0.4, 0.5) is 8.78 Å². The number of hydrogen-bond acceptors (Lipinski definition) is 3. The number of nitrogens with zero attached hydrogens (tertiary/aromatic N) is 3. The molecule has 2 aromatic rings. The highest BCUT2D eigenvalue weighted by atomic mass is 35.5. The van der Waals surface area contributed by atoms with Gasteiger partial charge in [0, 0.05) is 6.07 Å². The highest BCUT2D eigenvalue weighted by Gasteiger charge is 2.15. The van der Waals surface area contributed by atoms with E-state index < -0.39 is 17.7 Å². The van der Waals surface area contributed by atoms with E-state index in [4.69, 9.17) is 11.6 Å². The van der Waals surface area contributed by atoms with Crippen LogP contribution in [0, 0.1) is 13.8 Å². The van der Waals surface area contributed by atoms with Gasteiger partial charge in [0.25, 0.3) is 12.0 Å². The van der Waals surface area contributed by atoms with Crippen LogP contribution in [0.3, 0.4) is 0 Å². The lowest BCUT2D eigenvalue weighted by Crippen LogP contribution is -2.20. The molecule has 0 saturated heterocycles. The Morgan fingerprint density at radius 2 is 2.00 bits per heavy atom. The average Bonchev–Trinajstić information content (AvgIpc) is 2.27. The highest BCUT2D eigenvalue weighted by molar-refractivity contribution is 6.30. The summed E-state index contributed by atoms with van der Waals surface area (Å²) in [6.07, 6.45) is -2.79. The fourth-order valence-corrected chi connectivity index (χ4v) is 1.65. The molecule has 0 aliphatic rings. The molecule has 4 nitrogen and oxygen atoms in total. The fraction of sp³-hybridized carbons (Fsp3) is 0.300. The van der Waals surface area contributed by atoms with Gasteiger partial charge in [-0.25, -0.2) is 13.8 Å². The summed E-state index contributed by atoms with van der Waals surface area (Å²) in [6, 6.07) is 0.760. The minimum Gasteiger partial charge on any atom is -0.267 e. The van der Waals surface area contributed by atoms with Crippen molar-refractivity contribution in [2.24, 2.45) is 0 Å². The molecule has 0 bridgehead atoms. The van der Waals surface area contributed by atoms with E-state index >= 15 is 0 Å². The molecule has 0 spiro atoms. The Morgan fingerprint density at radius 3 is 2.59 bits per heavy atom. The number of fused-ring (bicyclic) bond motifs is 1. The normalized spacial score (nSPS) is 11.4. The van der Waals surface area contributed by atoms with Crippen LogP contribution >= 0.6 is 11.6 Å². The maximum Gasteiger partial charge on any atom is 0.280 e. The Balaban J connectivity index is 2.93. The summed E-state index contributed by atoms with van der Waals surface area (Å²) >= 11 is 5.82. The van der Waals surface area contributed by atoms with Crippen molar-refractivity contribution in [3.8, 4) is 0 Å². The number of aryl methyl sites for hydroxylation is 1. The van der Waals surface area contributed by atoms with E-state index in [1.165, 1.54) is 0 Å². The zero-order valence-electron chi connectivity index (χ0n) is 9.04. The second-order valence-electron chi connectivity index (χ2n) is 3.60. The van der Waals surface area contributed by atoms with Crippen molar-refractivity contribution in [1.82, 2.24) is 14.6 Å². The van der Waals surface area contributed by atoms with Gasteiger partial charge in [0.15, 0.2) is 10.8 Å². The SMILES string of the molecule is Cc1c(Cl)nn2c(=O)cc(C(F)F)nc2c1C. The lowest BCUT2D eigenvalue weighted by atomic mass is 10.2. The molecule has 0 aliphatic heterocycles. The van der Waals surface area contributed by atoms with E-state index in [0.717, 1.165) is 10.6 Å². The minimum absolute atomic E-state index is 0.106. The molecular formula is C10H8ClF2N3O. The van der Waals surface area contributed by atoms with E-state index in [1.807, 2.05) is 0 Å². The van der Waals surface area contributed by atoms with Gasteiger partial charge in [-0.1, -0.05) is 11.6 Å². The molecule has 7 heteroatoms. The van der Waals surface area contributed by atoms with Gasteiger partial charge in [-0.15, -0.1) is 0 Å². The van der Waals surface area contributed by atoms with Crippen molar-refractivity contribution >= 4 is 17.2 Å². The van der Waals surface area contributed by atoms with Gasteiger partial charge < -0.3 is 0 Å². The predicted octanol–water partition coefficient (Wildman–Crippen LogP) is 2.30. The van der Waals surface area contributed by atoms with E-state index in [-0.39, 0.29) is 10.8 Å². The molecule has 0 amide bonds. The van der Waals surface area contributed by atoms with E-state index in [1.54, 1.807) is 13.8 Å². The number of hydrogen-bond donors (Lipinski definition) is 0. The summed E-state index contributed by atoms with van der Waals surface area (Å²) in [6.45, 7) is 3.34. The molecule has 0 atom stereocenters. The van der Waals surface area contributed by atoms with Crippen molar-refractivity contribution < 1.29 is 8.78 Å². The predicted molar refractivity (Wildman–Crippen MR) is 58.7 cm³/mol. The van der Waals surface area contributed by atoms with Gasteiger partial charge in [0.2, 0.25) is 0 Å². The third-order valence-electron chi connectivity index (χ3n) is 2.53. The first-order valence-electron chi connectivity index (χ1n) is 4.76. The second-order valence-corrected chi connectivity index (χ2v) is 3.95. The average molecular weight is 260 g/mol. The molecule has 0 saturated carbocycles. The maximum atomic E-state index is 12.5. The molecule has 0 aliphatic carbocycles. The zero-order chi connectivity index (χ0) is 12.7. The van der Waals surface area contributed by atoms with Crippen LogP contribution in [-0.2, 0) is 0 Å². The summed E-state index contributed by atoms with van der Waals surface area (Å²) in [5.74, 6) is 0. The van der Waals surface area contributed by atoms with Gasteiger partial charge in [0.05, 0.1) is 0 Å². The molecule has 0 unspecified atom stereocenters. The molecule has 0 fully saturated rings. The molecular weight excluding hydrogens is 252 g/mol. The number of alkyl halides is 2. The van der Waals surface area contributed by atoms with Crippen molar-refractivity contribution in [3.63, 3.8) is 0 Å². The van der Waals surface area contributed by atoms with Gasteiger partial charge in [-0.05, 0) is 25.0 Å². The second kappa shape index (κ2) is 4.03. The van der Waals surface area contributed by atoms with Crippen molar-refractivity contribution in [2.45, 2.75) is 20.3 Å². The molecule has 90 valence electrons. The van der Waals surface area contributed by atoms with Crippen LogP contribution in [0.5, 0.6) is 0 Å². The summed E-state index contributed by atoms with van der Waals surface area (Å²) in [7, 11) is 0. The van der Waals surface area contributed by atoms with Gasteiger partial charge in [-0.3, -0.25) is 4.79 Å². The van der Waals surface area contributed by atoms with E-state index in [2.05, 4.69) is 10.1 Å². The zero-order valence-corrected chi connectivity index (χ0v) is 9.79. The Hall–Kier alpha value is -1.56. The summed E-state index contributed by atoms with van der Waals surface area (Å²) in [5, 5.41) is 3.95. The lowest BCUT2D eigenvalue weighted by molar-refractivity contribution is 0.146. The van der Waals surface area contributed by atoms with Crippen molar-refractivity contribution in [1.29, 1.82) is 0 Å². The summed E-state index contributed by atoms with van der Waals surface area (Å²) in [5.41, 5.74) is 0.0567. The summed E-state index contributed by atoms with van der Waals surface area (Å²) in [4.78, 5) is 15.3. The Bertz CT molecular complexity index is 654. The molecule has 2 aromatic heterocycles. The first-order chi connectivity index (χ1) is 7.91. The Kier molecular flexibility index (Phi) is 2.82. The molecule has 2 rings (SSSR count). The third-order valence-corrected chi connectivity index (χ3v) is 2.89. The molecule has 0 N–H and O–H groups in total. The first-order valence-corrected chi connectivity index (χ1v) is 5.14. The van der Waals surface area contributed by atoms with Crippen LogP contribution in [0.2, 0.25) is 5.15 Å². The Morgan fingerprint density at radius 1 is 1.35 bits per heavy atom. The fourth-order valence-electron chi connectivity index (χ4n) is 1.43. The summed E-state index contributed by atoms with van der Waals surface area (Å²) < 4.78 is 26.0. The van der Waals surface area contributed by atoms with E-state index in [9.17, 15) is 13.6 Å². The van der Waals surface area contributed by atoms with Crippen LogP contribution in [0.15, 0.2) is 10.9 Å². The Labute approximate surface area is 99.9 Å². The topological polar surface area (TPSA) is 47.3 Å². The van der Waals surface area contributed by atoms with Gasteiger partial charge in [-0.2, -0.15) is 9.61 Å². The van der Waals surface area contributed by atoms with Crippen LogP contribution in [0.1, 0.15) is 23.2 Å². The monoisotopic (exact) mass is 259 g/mol. The van der Waals surface area contributed by atoms with Crippen LogP contribution < -0.4 is 5.56 Å². The van der Waals surface area contributed by atoms with Gasteiger partial charge >= 0.3 is 0 Å². The smallest absolute Gasteiger partial charge is 0.267 e. The maximum absolute atomic E-state index is 12.5. The van der Waals surface area contributed by atoms with Crippen molar-refractivity contribution in [2.75, 3.05) is 0 Å². The quantitative estimate of drug-likeness (QED) is 0.789. The van der Waals surface area contributed by atoms with Crippen LogP contribution in [-0.4, -0.2) is 14.6 Å². The van der Waals surface area contributed by atoms with Gasteiger partial charge in [0.1, 0.15) is 5.69 Å². The molecule has 2 heterocycles. The number of halogens is 3. The number of rotatable bonds is 1. The highest BCUT2D eigenvalue weighted by Crippen LogP contribution is 2.20. The molecule has 0 radical (unpaired) electrons. The standard InChI is InChI=1S/C10H8ClF2N3O/c1-4-5(2)10-14-6(9(12)13)3-7(17)16(10)15-8(4)11/h3,9H,1-2H3. The molecule has 17 heavy (non-hydrogen) atoms.